The Morgan fingerprint density at radius 3 is 1.91 bits per heavy atom. The molecule has 0 aliphatic carbocycles. The third kappa shape index (κ3) is 4.62. The minimum absolute atomic E-state index is 0.262. The maximum Gasteiger partial charge on any atom is 0.326 e. The smallest absolute Gasteiger partial charge is 0.326 e. The van der Waals surface area contributed by atoms with Gasteiger partial charge in [-0.05, 0) is 53.6 Å². The van der Waals surface area contributed by atoms with Gasteiger partial charge in [-0.1, -0.05) is 47.5 Å². The van der Waals surface area contributed by atoms with Crippen LogP contribution in [0.25, 0.3) is 0 Å². The number of nitrogens with zero attached hydrogens (tertiary/aromatic N) is 1. The van der Waals surface area contributed by atoms with Crippen molar-refractivity contribution in [1.29, 1.82) is 0 Å². The molecule has 0 saturated carbocycles. The minimum atomic E-state index is -1.54. The molecule has 35 heavy (non-hydrogen) atoms. The van der Waals surface area contributed by atoms with E-state index in [1.165, 1.54) is 26.4 Å². The van der Waals surface area contributed by atoms with E-state index in [1.807, 2.05) is 0 Å². The summed E-state index contributed by atoms with van der Waals surface area (Å²) in [5.41, 5.74) is -0.143. The number of amides is 4. The van der Waals surface area contributed by atoms with Gasteiger partial charge in [0.15, 0.2) is 5.54 Å². The number of carbonyl (C=O) groups excluding carboxylic acids is 3. The van der Waals surface area contributed by atoms with Crippen LogP contribution in [0.5, 0.6) is 11.5 Å². The molecule has 4 rings (SSSR count). The normalized spacial score (nSPS) is 14.5. The van der Waals surface area contributed by atoms with Crippen LogP contribution in [0.4, 0.5) is 10.5 Å². The Balaban J connectivity index is 1.67. The third-order valence-electron chi connectivity index (χ3n) is 5.66. The Morgan fingerprint density at radius 1 is 0.886 bits per heavy atom. The van der Waals surface area contributed by atoms with Gasteiger partial charge < -0.3 is 20.1 Å². The van der Waals surface area contributed by atoms with Crippen LogP contribution in [0.2, 0.25) is 10.0 Å². The number of rotatable bonds is 7. The summed E-state index contributed by atoms with van der Waals surface area (Å²) in [5.74, 6) is 0.01000. The predicted molar refractivity (Wildman–Crippen MR) is 132 cm³/mol. The molecule has 1 fully saturated rings. The molecular weight excluding hydrogens is 493 g/mol. The predicted octanol–water partition coefficient (Wildman–Crippen LogP) is 4.44. The molecule has 0 atom stereocenters. The lowest BCUT2D eigenvalue weighted by Crippen LogP contribution is -2.45. The van der Waals surface area contributed by atoms with Gasteiger partial charge in [0.05, 0.1) is 24.3 Å². The van der Waals surface area contributed by atoms with Crippen molar-refractivity contribution in [2.75, 3.05) is 26.1 Å². The fraction of sp³-hybridized carbons (Fsp3) is 0.160. The summed E-state index contributed by atoms with van der Waals surface area (Å²) in [6.45, 7) is -0.501. The van der Waals surface area contributed by atoms with Crippen LogP contribution >= 0.6 is 23.2 Å². The molecule has 0 unspecified atom stereocenters. The van der Waals surface area contributed by atoms with E-state index in [4.69, 9.17) is 32.7 Å². The van der Waals surface area contributed by atoms with Gasteiger partial charge in [0.25, 0.3) is 5.91 Å². The molecule has 0 radical (unpaired) electrons. The van der Waals surface area contributed by atoms with Gasteiger partial charge in [0.1, 0.15) is 18.0 Å². The van der Waals surface area contributed by atoms with Crippen molar-refractivity contribution in [1.82, 2.24) is 10.2 Å². The highest BCUT2D eigenvalue weighted by Gasteiger charge is 2.54. The summed E-state index contributed by atoms with van der Waals surface area (Å²) in [4.78, 5) is 40.4. The number of ether oxygens (including phenoxy) is 2. The van der Waals surface area contributed by atoms with Crippen molar-refractivity contribution < 1.29 is 23.9 Å². The summed E-state index contributed by atoms with van der Waals surface area (Å²) in [6, 6.07) is 17.4. The molecule has 10 heteroatoms. The first-order valence-corrected chi connectivity index (χ1v) is 11.2. The van der Waals surface area contributed by atoms with Crippen LogP contribution in [0.3, 0.4) is 0 Å². The zero-order valence-corrected chi connectivity index (χ0v) is 20.3. The molecule has 1 saturated heterocycles. The third-order valence-corrected chi connectivity index (χ3v) is 6.40. The zero-order valence-electron chi connectivity index (χ0n) is 18.8. The summed E-state index contributed by atoms with van der Waals surface area (Å²) in [7, 11) is 3.07. The summed E-state index contributed by atoms with van der Waals surface area (Å²) >= 11 is 11.9. The second-order valence-electron chi connectivity index (χ2n) is 7.71. The first-order chi connectivity index (χ1) is 16.8. The van der Waals surface area contributed by atoms with E-state index in [1.54, 1.807) is 54.6 Å². The molecule has 2 N–H and O–H groups in total. The van der Waals surface area contributed by atoms with Crippen LogP contribution in [0.15, 0.2) is 66.7 Å². The van der Waals surface area contributed by atoms with E-state index in [9.17, 15) is 14.4 Å². The van der Waals surface area contributed by atoms with Crippen molar-refractivity contribution in [2.45, 2.75) is 5.54 Å². The van der Waals surface area contributed by atoms with Gasteiger partial charge in [-0.3, -0.25) is 14.5 Å². The topological polar surface area (TPSA) is 97.0 Å². The highest BCUT2D eigenvalue weighted by Crippen LogP contribution is 2.37. The molecule has 0 aromatic heterocycles. The van der Waals surface area contributed by atoms with Crippen molar-refractivity contribution >= 4 is 46.7 Å². The number of anilines is 1. The average Bonchev–Trinajstić information content (AvgIpc) is 3.12. The molecule has 180 valence electrons. The molecule has 1 aliphatic rings. The Labute approximate surface area is 211 Å². The molecule has 0 bridgehead atoms. The summed E-state index contributed by atoms with van der Waals surface area (Å²) < 4.78 is 10.4. The van der Waals surface area contributed by atoms with Gasteiger partial charge in [-0.15, -0.1) is 0 Å². The highest BCUT2D eigenvalue weighted by atomic mass is 35.5. The average molecular weight is 514 g/mol. The van der Waals surface area contributed by atoms with Crippen molar-refractivity contribution in [3.8, 4) is 11.5 Å². The number of hydrogen-bond acceptors (Lipinski definition) is 5. The van der Waals surface area contributed by atoms with Gasteiger partial charge >= 0.3 is 6.03 Å². The maximum absolute atomic E-state index is 13.8. The number of hydrogen-bond donors (Lipinski definition) is 2. The molecule has 1 aliphatic heterocycles. The van der Waals surface area contributed by atoms with Crippen molar-refractivity contribution in [3.63, 3.8) is 0 Å². The van der Waals surface area contributed by atoms with Gasteiger partial charge in [0, 0.05) is 5.69 Å². The molecule has 8 nitrogen and oxygen atoms in total. The monoisotopic (exact) mass is 513 g/mol. The minimum Gasteiger partial charge on any atom is -0.497 e. The lowest BCUT2D eigenvalue weighted by Gasteiger charge is -2.28. The van der Waals surface area contributed by atoms with Gasteiger partial charge in [-0.2, -0.15) is 0 Å². The fourth-order valence-corrected chi connectivity index (χ4v) is 4.18. The Bertz CT molecular complexity index is 1230. The molecule has 3 aromatic rings. The number of imide groups is 1. The Hall–Kier alpha value is -3.75. The van der Waals surface area contributed by atoms with E-state index in [2.05, 4.69) is 10.6 Å². The Morgan fingerprint density at radius 2 is 1.43 bits per heavy atom. The standard InChI is InChI=1S/C25H21Cl2N3O5/c1-34-18-8-3-15(4-9-18)25(16-5-10-19(35-2)11-6-16)23(32)30(24(33)29-25)14-22(31)28-17-7-12-20(26)21(27)13-17/h3-13H,14H2,1-2H3,(H,28,31)(H,29,33). The number of halogens is 2. The maximum atomic E-state index is 13.8. The van der Waals surface area contributed by atoms with Crippen LogP contribution < -0.4 is 20.1 Å². The number of methoxy groups -OCH3 is 2. The van der Waals surface area contributed by atoms with Crippen LogP contribution in [0.1, 0.15) is 11.1 Å². The lowest BCUT2D eigenvalue weighted by molar-refractivity contribution is -0.133. The van der Waals surface area contributed by atoms with Crippen LogP contribution in [0, 0.1) is 0 Å². The SMILES string of the molecule is COc1ccc(C2(c3ccc(OC)cc3)NC(=O)N(CC(=O)Nc3ccc(Cl)c(Cl)c3)C2=O)cc1. The molecule has 4 amide bonds. The number of nitrogens with one attached hydrogen (secondary N) is 2. The first-order valence-electron chi connectivity index (χ1n) is 10.5. The number of urea groups is 1. The van der Waals surface area contributed by atoms with Crippen LogP contribution in [-0.4, -0.2) is 43.5 Å². The molecule has 0 spiro atoms. The molecule has 1 heterocycles. The van der Waals surface area contributed by atoms with Crippen LogP contribution in [-0.2, 0) is 15.1 Å². The molecule has 3 aromatic carbocycles. The summed E-state index contributed by atoms with van der Waals surface area (Å²) in [6.07, 6.45) is 0. The van der Waals surface area contributed by atoms with E-state index in [0.29, 0.717) is 33.3 Å². The largest absolute Gasteiger partial charge is 0.497 e. The summed E-state index contributed by atoms with van der Waals surface area (Å²) in [5, 5.41) is 6.02. The lowest BCUT2D eigenvalue weighted by atomic mass is 9.82. The zero-order chi connectivity index (χ0) is 25.2. The second kappa shape index (κ2) is 9.85. The van der Waals surface area contributed by atoms with Gasteiger partial charge in [-0.25, -0.2) is 4.79 Å². The first kappa shape index (κ1) is 24.4. The molecular formula is C25H21Cl2N3O5. The van der Waals surface area contributed by atoms with E-state index >= 15 is 0 Å². The highest BCUT2D eigenvalue weighted by molar-refractivity contribution is 6.42. The van der Waals surface area contributed by atoms with E-state index in [-0.39, 0.29) is 5.02 Å². The van der Waals surface area contributed by atoms with Crippen molar-refractivity contribution in [2.24, 2.45) is 0 Å². The van der Waals surface area contributed by atoms with Crippen molar-refractivity contribution in [3.05, 3.63) is 87.9 Å². The van der Waals surface area contributed by atoms with E-state index < -0.39 is 29.9 Å². The number of carbonyl (C=O) groups is 3. The number of benzene rings is 3. The second-order valence-corrected chi connectivity index (χ2v) is 8.52. The van der Waals surface area contributed by atoms with E-state index in [0.717, 1.165) is 4.90 Å². The Kier molecular flexibility index (Phi) is 6.86. The van der Waals surface area contributed by atoms with Gasteiger partial charge in [0.2, 0.25) is 5.91 Å². The fourth-order valence-electron chi connectivity index (χ4n) is 3.88. The quantitative estimate of drug-likeness (QED) is 0.455.